The van der Waals surface area contributed by atoms with Crippen LogP contribution in [-0.2, 0) is 0 Å². The van der Waals surface area contributed by atoms with Crippen LogP contribution in [0.2, 0.25) is 0 Å². The molecule has 0 aromatic carbocycles. The minimum absolute atomic E-state index is 0. The Hall–Kier alpha value is -1.40. The molecule has 6 nitrogen and oxygen atoms in total. The molecule has 0 saturated heterocycles. The molecular weight excluding hydrogens is 235 g/mol. The van der Waals surface area contributed by atoms with E-state index in [-0.39, 0.29) is 30.5 Å². The minimum atomic E-state index is -1.35. The van der Waals surface area contributed by atoms with E-state index < -0.39 is 17.8 Å². The number of nitrogens with zero attached hydrogens (tertiary/aromatic N) is 2. The molecule has 0 saturated carbocycles. The Bertz CT molecular complexity index is 315. The van der Waals surface area contributed by atoms with Crippen molar-refractivity contribution in [2.75, 3.05) is 0 Å². The van der Waals surface area contributed by atoms with E-state index in [2.05, 4.69) is 9.97 Å². The summed E-state index contributed by atoms with van der Waals surface area (Å²) in [6.07, 6.45) is 1.08. The average molecular weight is 241 g/mol. The summed E-state index contributed by atoms with van der Waals surface area (Å²) < 4.78 is 0. The molecule has 1 aromatic rings. The second kappa shape index (κ2) is 6.11. The molecule has 0 unspecified atom stereocenters. The Morgan fingerprint density at radius 2 is 1.71 bits per heavy atom. The largest absolute Gasteiger partial charge is 0.477 e. The average Bonchev–Trinajstić information content (AvgIpc) is 2.04. The van der Waals surface area contributed by atoms with Gasteiger partial charge in [0, 0.05) is 6.20 Å². The summed E-state index contributed by atoms with van der Waals surface area (Å²) in [5.74, 6) is -3.15. The van der Waals surface area contributed by atoms with Crippen LogP contribution in [0, 0.1) is 0 Å². The van der Waals surface area contributed by atoms with Crippen LogP contribution in [0.5, 0.6) is 0 Å². The Labute approximate surface area is 90.8 Å². The number of hydrogen-bond donors (Lipinski definition) is 2. The first-order chi connectivity index (χ1) is 5.61. The van der Waals surface area contributed by atoms with Crippen molar-refractivity contribution in [2.45, 2.75) is 0 Å². The standard InChI is InChI=1S/C6H4N2O4.2ClH/c9-5(10)3-1-2-7-4(8-3)6(11)12;;/h1-2H,(H,9,10)(H,11,12);2*1H. The lowest BCUT2D eigenvalue weighted by Gasteiger charge is -1.93. The highest BCUT2D eigenvalue weighted by atomic mass is 35.5. The topological polar surface area (TPSA) is 100 Å². The van der Waals surface area contributed by atoms with E-state index in [1.165, 1.54) is 0 Å². The fraction of sp³-hybridized carbons (Fsp3) is 0. The van der Waals surface area contributed by atoms with Gasteiger partial charge < -0.3 is 10.2 Å². The molecule has 0 fully saturated rings. The van der Waals surface area contributed by atoms with Crippen LogP contribution in [0.15, 0.2) is 12.3 Å². The lowest BCUT2D eigenvalue weighted by atomic mass is 10.4. The highest BCUT2D eigenvalue weighted by Crippen LogP contribution is 1.94. The van der Waals surface area contributed by atoms with Crippen LogP contribution < -0.4 is 0 Å². The second-order valence-corrected chi connectivity index (χ2v) is 1.88. The van der Waals surface area contributed by atoms with Gasteiger partial charge in [-0.05, 0) is 6.07 Å². The molecule has 14 heavy (non-hydrogen) atoms. The van der Waals surface area contributed by atoms with Crippen LogP contribution in [-0.4, -0.2) is 32.1 Å². The molecule has 0 bridgehead atoms. The van der Waals surface area contributed by atoms with E-state index in [4.69, 9.17) is 10.2 Å². The molecule has 0 aliphatic heterocycles. The van der Waals surface area contributed by atoms with Gasteiger partial charge in [-0.1, -0.05) is 0 Å². The van der Waals surface area contributed by atoms with Crippen LogP contribution in [0.3, 0.4) is 0 Å². The first kappa shape index (κ1) is 15.1. The van der Waals surface area contributed by atoms with E-state index in [0.717, 1.165) is 12.3 Å². The number of carboxylic acids is 2. The van der Waals surface area contributed by atoms with Gasteiger partial charge in [-0.2, -0.15) is 0 Å². The van der Waals surface area contributed by atoms with Crippen LogP contribution >= 0.6 is 24.8 Å². The summed E-state index contributed by atoms with van der Waals surface area (Å²) in [4.78, 5) is 27.2. The van der Waals surface area contributed by atoms with Crippen LogP contribution in [0.1, 0.15) is 21.1 Å². The van der Waals surface area contributed by atoms with E-state index in [0.29, 0.717) is 0 Å². The van der Waals surface area contributed by atoms with Crippen molar-refractivity contribution in [3.8, 4) is 0 Å². The van der Waals surface area contributed by atoms with Gasteiger partial charge in [0.05, 0.1) is 0 Å². The second-order valence-electron chi connectivity index (χ2n) is 1.88. The third-order valence-corrected chi connectivity index (χ3v) is 1.07. The Morgan fingerprint density at radius 1 is 1.14 bits per heavy atom. The summed E-state index contributed by atoms with van der Waals surface area (Å²) in [6, 6.07) is 1.12. The molecule has 8 heteroatoms. The molecule has 1 heterocycles. The third-order valence-electron chi connectivity index (χ3n) is 1.07. The highest BCUT2D eigenvalue weighted by molar-refractivity contribution is 5.88. The number of aromatic carboxylic acids is 2. The van der Waals surface area contributed by atoms with E-state index in [1.807, 2.05) is 0 Å². The highest BCUT2D eigenvalue weighted by Gasteiger charge is 2.10. The van der Waals surface area contributed by atoms with Crippen molar-refractivity contribution in [3.63, 3.8) is 0 Å². The van der Waals surface area contributed by atoms with Crippen molar-refractivity contribution in [3.05, 3.63) is 23.8 Å². The monoisotopic (exact) mass is 240 g/mol. The molecule has 0 aliphatic carbocycles. The molecule has 0 radical (unpaired) electrons. The molecule has 0 spiro atoms. The van der Waals surface area contributed by atoms with Gasteiger partial charge >= 0.3 is 11.9 Å². The maximum absolute atomic E-state index is 10.3. The predicted octanol–water partition coefficient (Wildman–Crippen LogP) is 0.717. The quantitative estimate of drug-likeness (QED) is 0.790. The molecule has 0 aliphatic rings. The summed E-state index contributed by atoms with van der Waals surface area (Å²) in [5, 5.41) is 16.8. The van der Waals surface area contributed by atoms with E-state index >= 15 is 0 Å². The summed E-state index contributed by atoms with van der Waals surface area (Å²) in [6.45, 7) is 0. The summed E-state index contributed by atoms with van der Waals surface area (Å²) >= 11 is 0. The number of carbonyl (C=O) groups is 2. The predicted molar refractivity (Wildman–Crippen MR) is 50.4 cm³/mol. The lowest BCUT2D eigenvalue weighted by molar-refractivity contribution is 0.0679. The van der Waals surface area contributed by atoms with Crippen molar-refractivity contribution < 1.29 is 19.8 Å². The molecule has 1 rings (SSSR count). The number of aromatic nitrogens is 2. The Morgan fingerprint density at radius 3 is 2.14 bits per heavy atom. The minimum Gasteiger partial charge on any atom is -0.477 e. The van der Waals surface area contributed by atoms with Gasteiger partial charge in [-0.3, -0.25) is 0 Å². The normalized spacial score (nSPS) is 8.00. The van der Waals surface area contributed by atoms with Crippen LogP contribution in [0.4, 0.5) is 0 Å². The smallest absolute Gasteiger partial charge is 0.373 e. The van der Waals surface area contributed by atoms with E-state index in [9.17, 15) is 9.59 Å². The zero-order chi connectivity index (χ0) is 9.14. The summed E-state index contributed by atoms with van der Waals surface area (Å²) in [7, 11) is 0. The number of carboxylic acid groups (broad SMARTS) is 2. The van der Waals surface area contributed by atoms with Gasteiger partial charge in [0.1, 0.15) is 0 Å². The SMILES string of the molecule is Cl.Cl.O=C(O)c1ccnc(C(=O)O)n1. The zero-order valence-electron chi connectivity index (χ0n) is 6.58. The lowest BCUT2D eigenvalue weighted by Crippen LogP contribution is -2.08. The third kappa shape index (κ3) is 3.55. The van der Waals surface area contributed by atoms with Crippen molar-refractivity contribution in [2.24, 2.45) is 0 Å². The van der Waals surface area contributed by atoms with Gasteiger partial charge in [0.2, 0.25) is 5.82 Å². The molecule has 0 amide bonds. The fourth-order valence-electron chi connectivity index (χ4n) is 0.581. The van der Waals surface area contributed by atoms with Crippen molar-refractivity contribution >= 4 is 36.8 Å². The Kier molecular flexibility index (Phi) is 6.59. The first-order valence-corrected chi connectivity index (χ1v) is 2.91. The van der Waals surface area contributed by atoms with E-state index in [1.54, 1.807) is 0 Å². The fourth-order valence-corrected chi connectivity index (χ4v) is 0.581. The van der Waals surface area contributed by atoms with Crippen molar-refractivity contribution in [1.29, 1.82) is 0 Å². The summed E-state index contributed by atoms with van der Waals surface area (Å²) in [5.41, 5.74) is -0.331. The molecular formula is C6H6Cl2N2O4. The van der Waals surface area contributed by atoms with Gasteiger partial charge in [0.25, 0.3) is 0 Å². The molecule has 2 N–H and O–H groups in total. The molecule has 0 atom stereocenters. The maximum atomic E-state index is 10.3. The number of halogens is 2. The molecule has 78 valence electrons. The number of rotatable bonds is 2. The molecule has 1 aromatic heterocycles. The van der Waals surface area contributed by atoms with Gasteiger partial charge in [-0.15, -0.1) is 24.8 Å². The zero-order valence-corrected chi connectivity index (χ0v) is 8.21. The number of hydrogen-bond acceptors (Lipinski definition) is 4. The van der Waals surface area contributed by atoms with Crippen LogP contribution in [0.25, 0.3) is 0 Å². The van der Waals surface area contributed by atoms with Gasteiger partial charge in [0.15, 0.2) is 5.69 Å². The Balaban J connectivity index is 0. The van der Waals surface area contributed by atoms with Crippen molar-refractivity contribution in [1.82, 2.24) is 9.97 Å². The van der Waals surface area contributed by atoms with Gasteiger partial charge in [-0.25, -0.2) is 19.6 Å². The maximum Gasteiger partial charge on any atom is 0.373 e. The first-order valence-electron chi connectivity index (χ1n) is 2.91.